The van der Waals surface area contributed by atoms with Gasteiger partial charge in [-0.3, -0.25) is 9.78 Å². The summed E-state index contributed by atoms with van der Waals surface area (Å²) in [6.07, 6.45) is 4.43. The molecule has 0 saturated heterocycles. The van der Waals surface area contributed by atoms with Gasteiger partial charge in [0.15, 0.2) is 12.4 Å². The molecule has 1 amide bonds. The zero-order valence-corrected chi connectivity index (χ0v) is 11.8. The van der Waals surface area contributed by atoms with Crippen LogP contribution in [-0.4, -0.2) is 46.6 Å². The SMILES string of the molecule is CCCN(CCC)C(=O)COc1cnccc1C(=O)O. The van der Waals surface area contributed by atoms with Gasteiger partial charge >= 0.3 is 5.97 Å². The first kappa shape index (κ1) is 15.9. The Morgan fingerprint density at radius 1 is 1.30 bits per heavy atom. The van der Waals surface area contributed by atoms with Crippen molar-refractivity contribution in [2.24, 2.45) is 0 Å². The topological polar surface area (TPSA) is 79.7 Å². The molecule has 6 heteroatoms. The number of nitrogens with zero attached hydrogens (tertiary/aromatic N) is 2. The molecule has 1 heterocycles. The molecule has 0 aliphatic carbocycles. The van der Waals surface area contributed by atoms with Crippen molar-refractivity contribution in [3.8, 4) is 5.75 Å². The second-order valence-electron chi connectivity index (χ2n) is 4.35. The number of amides is 1. The Hall–Kier alpha value is -2.11. The van der Waals surface area contributed by atoms with E-state index in [0.717, 1.165) is 12.8 Å². The Labute approximate surface area is 118 Å². The van der Waals surface area contributed by atoms with Gasteiger partial charge in [0.25, 0.3) is 5.91 Å². The molecule has 6 nitrogen and oxygen atoms in total. The van der Waals surface area contributed by atoms with Gasteiger partial charge in [-0.2, -0.15) is 0 Å². The van der Waals surface area contributed by atoms with Gasteiger partial charge in [-0.1, -0.05) is 13.8 Å². The molecule has 0 aliphatic rings. The van der Waals surface area contributed by atoms with Crippen LogP contribution in [0.25, 0.3) is 0 Å². The number of aromatic carboxylic acids is 1. The third-order valence-electron chi connectivity index (χ3n) is 2.71. The first-order valence-electron chi connectivity index (χ1n) is 6.68. The highest BCUT2D eigenvalue weighted by atomic mass is 16.5. The van der Waals surface area contributed by atoms with Crippen molar-refractivity contribution in [3.63, 3.8) is 0 Å². The van der Waals surface area contributed by atoms with Crippen LogP contribution in [0.15, 0.2) is 18.5 Å². The quantitative estimate of drug-likeness (QED) is 0.785. The Morgan fingerprint density at radius 3 is 2.50 bits per heavy atom. The summed E-state index contributed by atoms with van der Waals surface area (Å²) < 4.78 is 5.30. The largest absolute Gasteiger partial charge is 0.481 e. The molecule has 0 unspecified atom stereocenters. The van der Waals surface area contributed by atoms with Crippen LogP contribution in [0.1, 0.15) is 37.0 Å². The highest BCUT2D eigenvalue weighted by Crippen LogP contribution is 2.16. The average molecular weight is 280 g/mol. The van der Waals surface area contributed by atoms with Crippen molar-refractivity contribution in [3.05, 3.63) is 24.0 Å². The number of pyridine rings is 1. The number of aromatic nitrogens is 1. The molecular weight excluding hydrogens is 260 g/mol. The van der Waals surface area contributed by atoms with Gasteiger partial charge in [-0.15, -0.1) is 0 Å². The summed E-state index contributed by atoms with van der Waals surface area (Å²) in [5, 5.41) is 9.01. The minimum Gasteiger partial charge on any atom is -0.481 e. The zero-order valence-electron chi connectivity index (χ0n) is 11.8. The fraction of sp³-hybridized carbons (Fsp3) is 0.500. The minimum absolute atomic E-state index is 0.00494. The van der Waals surface area contributed by atoms with Gasteiger partial charge in [0.05, 0.1) is 6.20 Å². The Morgan fingerprint density at radius 2 is 1.95 bits per heavy atom. The lowest BCUT2D eigenvalue weighted by atomic mass is 10.2. The molecule has 0 saturated carbocycles. The number of carbonyl (C=O) groups is 2. The van der Waals surface area contributed by atoms with Crippen LogP contribution in [0.2, 0.25) is 0 Å². The third kappa shape index (κ3) is 4.53. The van der Waals surface area contributed by atoms with Crippen LogP contribution in [-0.2, 0) is 4.79 Å². The highest BCUT2D eigenvalue weighted by molar-refractivity contribution is 5.90. The van der Waals surface area contributed by atoms with Gasteiger partial charge in [0, 0.05) is 19.3 Å². The van der Waals surface area contributed by atoms with Crippen LogP contribution < -0.4 is 4.74 Å². The molecule has 0 radical (unpaired) electrons. The highest BCUT2D eigenvalue weighted by Gasteiger charge is 2.15. The zero-order chi connectivity index (χ0) is 15.0. The maximum Gasteiger partial charge on any atom is 0.339 e. The second-order valence-corrected chi connectivity index (χ2v) is 4.35. The summed E-state index contributed by atoms with van der Waals surface area (Å²) in [6.45, 7) is 5.18. The summed E-state index contributed by atoms with van der Waals surface area (Å²) in [7, 11) is 0. The summed E-state index contributed by atoms with van der Waals surface area (Å²) in [4.78, 5) is 28.5. The van der Waals surface area contributed by atoms with Crippen molar-refractivity contribution < 1.29 is 19.4 Å². The molecule has 0 aromatic carbocycles. The van der Waals surface area contributed by atoms with E-state index >= 15 is 0 Å². The molecule has 1 rings (SSSR count). The Kier molecular flexibility index (Phi) is 6.49. The van der Waals surface area contributed by atoms with E-state index in [9.17, 15) is 9.59 Å². The van der Waals surface area contributed by atoms with Crippen LogP contribution >= 0.6 is 0 Å². The smallest absolute Gasteiger partial charge is 0.339 e. The van der Waals surface area contributed by atoms with Gasteiger partial charge in [-0.25, -0.2) is 4.79 Å². The summed E-state index contributed by atoms with van der Waals surface area (Å²) in [5.41, 5.74) is 0.00494. The van der Waals surface area contributed by atoms with Crippen molar-refractivity contribution in [2.75, 3.05) is 19.7 Å². The fourth-order valence-corrected chi connectivity index (χ4v) is 1.80. The number of carbonyl (C=O) groups excluding carboxylic acids is 1. The van der Waals surface area contributed by atoms with Crippen molar-refractivity contribution in [1.29, 1.82) is 0 Å². The van der Waals surface area contributed by atoms with Crippen LogP contribution in [0, 0.1) is 0 Å². The molecule has 0 aliphatic heterocycles. The van der Waals surface area contributed by atoms with Gasteiger partial charge in [0.2, 0.25) is 0 Å². The first-order valence-corrected chi connectivity index (χ1v) is 6.68. The van der Waals surface area contributed by atoms with Crippen LogP contribution in [0.3, 0.4) is 0 Å². The molecule has 0 spiro atoms. The summed E-state index contributed by atoms with van der Waals surface area (Å²) in [6, 6.07) is 1.35. The van der Waals surface area contributed by atoms with E-state index < -0.39 is 5.97 Å². The van der Waals surface area contributed by atoms with Gasteiger partial charge < -0.3 is 14.7 Å². The molecule has 0 atom stereocenters. The van der Waals surface area contributed by atoms with E-state index in [0.29, 0.717) is 13.1 Å². The maximum atomic E-state index is 12.0. The number of ether oxygens (including phenoxy) is 1. The molecule has 1 aromatic heterocycles. The standard InChI is InChI=1S/C14H20N2O4/c1-3-7-16(8-4-2)13(17)10-20-12-9-15-6-5-11(12)14(18)19/h5-6,9H,3-4,7-8,10H2,1-2H3,(H,18,19). The van der Waals surface area contributed by atoms with Crippen LogP contribution in [0.5, 0.6) is 5.75 Å². The molecule has 110 valence electrons. The van der Waals surface area contributed by atoms with E-state index in [-0.39, 0.29) is 23.8 Å². The number of carboxylic acid groups (broad SMARTS) is 1. The third-order valence-corrected chi connectivity index (χ3v) is 2.71. The lowest BCUT2D eigenvalue weighted by Crippen LogP contribution is -2.36. The predicted octanol–water partition coefficient (Wildman–Crippen LogP) is 1.81. The molecule has 0 bridgehead atoms. The van der Waals surface area contributed by atoms with E-state index in [1.165, 1.54) is 18.5 Å². The van der Waals surface area contributed by atoms with Gasteiger partial charge in [0.1, 0.15) is 5.56 Å². The maximum absolute atomic E-state index is 12.0. The molecule has 0 fully saturated rings. The molecular formula is C14H20N2O4. The minimum atomic E-state index is -1.10. The number of rotatable bonds is 8. The Bertz CT molecular complexity index is 456. The van der Waals surface area contributed by atoms with Gasteiger partial charge in [-0.05, 0) is 18.9 Å². The summed E-state index contributed by atoms with van der Waals surface area (Å²) >= 11 is 0. The monoisotopic (exact) mass is 280 g/mol. The van der Waals surface area contributed by atoms with Crippen LogP contribution in [0.4, 0.5) is 0 Å². The first-order chi connectivity index (χ1) is 9.60. The Balaban J connectivity index is 2.66. The normalized spacial score (nSPS) is 10.1. The lowest BCUT2D eigenvalue weighted by molar-refractivity contribution is -0.133. The number of hydrogen-bond acceptors (Lipinski definition) is 4. The second kappa shape index (κ2) is 8.14. The molecule has 1 N–H and O–H groups in total. The predicted molar refractivity (Wildman–Crippen MR) is 73.9 cm³/mol. The fourth-order valence-electron chi connectivity index (χ4n) is 1.80. The average Bonchev–Trinajstić information content (AvgIpc) is 2.44. The van der Waals surface area contributed by atoms with Crippen molar-refractivity contribution in [2.45, 2.75) is 26.7 Å². The molecule has 20 heavy (non-hydrogen) atoms. The van der Waals surface area contributed by atoms with Crippen molar-refractivity contribution in [1.82, 2.24) is 9.88 Å². The van der Waals surface area contributed by atoms with E-state index in [1.807, 2.05) is 13.8 Å². The summed E-state index contributed by atoms with van der Waals surface area (Å²) in [5.74, 6) is -1.14. The molecule has 1 aromatic rings. The van der Waals surface area contributed by atoms with Crippen molar-refractivity contribution >= 4 is 11.9 Å². The number of carboxylic acids is 1. The number of hydrogen-bond donors (Lipinski definition) is 1. The lowest BCUT2D eigenvalue weighted by Gasteiger charge is -2.21. The van der Waals surface area contributed by atoms with E-state index in [2.05, 4.69) is 4.98 Å². The van der Waals surface area contributed by atoms with E-state index in [4.69, 9.17) is 9.84 Å². The van der Waals surface area contributed by atoms with E-state index in [1.54, 1.807) is 4.90 Å².